The highest BCUT2D eigenvalue weighted by Crippen LogP contribution is 2.46. The van der Waals surface area contributed by atoms with E-state index < -0.39 is 17.7 Å². The van der Waals surface area contributed by atoms with Crippen molar-refractivity contribution < 1.29 is 28.9 Å². The number of aliphatic hydroxyl groups excluding tert-OH is 1. The zero-order chi connectivity index (χ0) is 25.0. The molecule has 2 aliphatic rings. The van der Waals surface area contributed by atoms with Gasteiger partial charge in [0.25, 0.3) is 11.7 Å². The number of amides is 1. The number of fused-ring (bicyclic) bond motifs is 2. The maximum atomic E-state index is 13.5. The van der Waals surface area contributed by atoms with Crippen molar-refractivity contribution in [1.29, 1.82) is 0 Å². The quantitative estimate of drug-likeness (QED) is 0.245. The highest BCUT2D eigenvalue weighted by Gasteiger charge is 2.48. The molecule has 8 nitrogen and oxygen atoms in total. The summed E-state index contributed by atoms with van der Waals surface area (Å²) in [7, 11) is 1.57. The second kappa shape index (κ2) is 8.20. The van der Waals surface area contributed by atoms with Gasteiger partial charge in [-0.1, -0.05) is 18.2 Å². The molecule has 2 N–H and O–H groups in total. The van der Waals surface area contributed by atoms with Gasteiger partial charge in [-0.05, 0) is 48.9 Å². The van der Waals surface area contributed by atoms with Crippen molar-refractivity contribution in [3.8, 4) is 17.2 Å². The number of anilines is 1. The number of methoxy groups -OCH3 is 1. The molecule has 1 saturated heterocycles. The molecule has 1 fully saturated rings. The summed E-state index contributed by atoms with van der Waals surface area (Å²) in [6.07, 6.45) is 1.77. The number of aliphatic hydroxyl groups is 1. The van der Waals surface area contributed by atoms with E-state index in [1.807, 2.05) is 31.2 Å². The van der Waals surface area contributed by atoms with Crippen LogP contribution in [0.1, 0.15) is 22.7 Å². The zero-order valence-corrected chi connectivity index (χ0v) is 19.6. The molecule has 0 radical (unpaired) electrons. The number of Topliss-reactive ketones (excluding diaryl/α,β-unsaturated/α-hetero) is 1. The van der Waals surface area contributed by atoms with Crippen LogP contribution in [0.4, 0.5) is 5.69 Å². The molecule has 2 aliphatic heterocycles. The molecule has 180 valence electrons. The van der Waals surface area contributed by atoms with Gasteiger partial charge in [0.05, 0.1) is 18.7 Å². The Morgan fingerprint density at radius 2 is 1.86 bits per heavy atom. The second-order valence-electron chi connectivity index (χ2n) is 8.68. The molecule has 1 aromatic heterocycles. The Labute approximate surface area is 206 Å². The Balaban J connectivity index is 1.58. The molecule has 3 heterocycles. The first-order valence-electron chi connectivity index (χ1n) is 11.4. The van der Waals surface area contributed by atoms with E-state index in [0.717, 1.165) is 16.5 Å². The number of nitrogens with zero attached hydrogens (tertiary/aromatic N) is 1. The van der Waals surface area contributed by atoms with E-state index in [-0.39, 0.29) is 18.1 Å². The number of carbonyl (C=O) groups is 2. The standard InChI is InChI=1S/C28H22N2O6/c1-15-11-16(7-9-21(15)34-2)26(31)24-25(19-13-29-20-6-4-3-5-18(19)20)30(28(33)27(24)32)17-8-10-22-23(12-17)36-14-35-22/h3-13,25,29,31H,14H2,1-2H3/b26-24+. The van der Waals surface area contributed by atoms with Crippen LogP contribution in [-0.4, -0.2) is 35.7 Å². The molecule has 6 rings (SSSR count). The number of carbonyl (C=O) groups excluding carboxylic acids is 2. The molecule has 0 saturated carbocycles. The lowest BCUT2D eigenvalue weighted by Crippen LogP contribution is -2.29. The number of hydrogen-bond acceptors (Lipinski definition) is 6. The van der Waals surface area contributed by atoms with Gasteiger partial charge in [-0.25, -0.2) is 0 Å². The van der Waals surface area contributed by atoms with Crippen LogP contribution >= 0.6 is 0 Å². The van der Waals surface area contributed by atoms with Crippen molar-refractivity contribution in [2.45, 2.75) is 13.0 Å². The highest BCUT2D eigenvalue weighted by atomic mass is 16.7. The minimum atomic E-state index is -0.871. The summed E-state index contributed by atoms with van der Waals surface area (Å²) < 4.78 is 16.3. The van der Waals surface area contributed by atoms with Gasteiger partial charge in [-0.3, -0.25) is 14.5 Å². The summed E-state index contributed by atoms with van der Waals surface area (Å²) in [5, 5.41) is 12.3. The Bertz CT molecular complexity index is 1580. The van der Waals surface area contributed by atoms with Gasteiger partial charge < -0.3 is 24.3 Å². The van der Waals surface area contributed by atoms with E-state index in [0.29, 0.717) is 34.1 Å². The van der Waals surface area contributed by atoms with E-state index >= 15 is 0 Å². The molecule has 8 heteroatoms. The van der Waals surface area contributed by atoms with Gasteiger partial charge in [0.15, 0.2) is 11.5 Å². The number of aryl methyl sites for hydroxylation is 1. The molecule has 36 heavy (non-hydrogen) atoms. The summed E-state index contributed by atoms with van der Waals surface area (Å²) in [4.78, 5) is 31.6. The van der Waals surface area contributed by atoms with Gasteiger partial charge in [0.1, 0.15) is 11.5 Å². The molecule has 4 aromatic rings. The van der Waals surface area contributed by atoms with E-state index in [2.05, 4.69) is 4.98 Å². The molecule has 1 amide bonds. The van der Waals surface area contributed by atoms with Crippen LogP contribution in [0.15, 0.2) is 72.4 Å². The van der Waals surface area contributed by atoms with Gasteiger partial charge in [-0.15, -0.1) is 0 Å². The smallest absolute Gasteiger partial charge is 0.300 e. The molecule has 0 spiro atoms. The summed E-state index contributed by atoms with van der Waals surface area (Å²) in [6.45, 7) is 1.93. The molecule has 0 aliphatic carbocycles. The fourth-order valence-electron chi connectivity index (χ4n) is 4.93. The fraction of sp³-hybridized carbons (Fsp3) is 0.143. The SMILES string of the molecule is COc1ccc(/C(O)=C2\C(=O)C(=O)N(c3ccc4c(c3)OCO4)C2c2c[nH]c3ccccc23)cc1C. The molecule has 0 bridgehead atoms. The Kier molecular flexibility index (Phi) is 4.96. The first kappa shape index (κ1) is 21.8. The third-order valence-corrected chi connectivity index (χ3v) is 6.66. The predicted molar refractivity (Wildman–Crippen MR) is 133 cm³/mol. The maximum absolute atomic E-state index is 13.5. The topological polar surface area (TPSA) is 101 Å². The number of para-hydroxylation sites is 1. The van der Waals surface area contributed by atoms with Crippen LogP contribution in [0.3, 0.4) is 0 Å². The third-order valence-electron chi connectivity index (χ3n) is 6.66. The number of nitrogens with one attached hydrogen (secondary N) is 1. The van der Waals surface area contributed by atoms with Gasteiger partial charge in [0.2, 0.25) is 6.79 Å². The number of ether oxygens (including phenoxy) is 3. The summed E-state index contributed by atoms with van der Waals surface area (Å²) in [6, 6.07) is 17.0. The summed E-state index contributed by atoms with van der Waals surface area (Å²) in [5.41, 5.74) is 3.21. The second-order valence-corrected chi connectivity index (χ2v) is 8.68. The molecular weight excluding hydrogens is 460 g/mol. The van der Waals surface area contributed by atoms with Crippen LogP contribution in [0, 0.1) is 6.92 Å². The minimum absolute atomic E-state index is 0.00647. The number of aromatic amines is 1. The lowest BCUT2D eigenvalue weighted by molar-refractivity contribution is -0.132. The van der Waals surface area contributed by atoms with E-state index in [4.69, 9.17) is 14.2 Å². The average Bonchev–Trinajstić information content (AvgIpc) is 3.59. The van der Waals surface area contributed by atoms with Crippen molar-refractivity contribution in [2.75, 3.05) is 18.8 Å². The Morgan fingerprint density at radius 3 is 2.67 bits per heavy atom. The number of H-pyrrole nitrogens is 1. The van der Waals surface area contributed by atoms with E-state index in [1.54, 1.807) is 49.7 Å². The van der Waals surface area contributed by atoms with Crippen LogP contribution in [0.5, 0.6) is 17.2 Å². The number of ketones is 1. The number of rotatable bonds is 4. The zero-order valence-electron chi connectivity index (χ0n) is 19.6. The molecule has 1 atom stereocenters. The first-order chi connectivity index (χ1) is 17.5. The summed E-state index contributed by atoms with van der Waals surface area (Å²) >= 11 is 0. The molecular formula is C28H22N2O6. The lowest BCUT2D eigenvalue weighted by atomic mass is 9.94. The van der Waals surface area contributed by atoms with Crippen molar-refractivity contribution >= 4 is 34.0 Å². The molecule has 1 unspecified atom stereocenters. The van der Waals surface area contributed by atoms with Crippen molar-refractivity contribution in [2.24, 2.45) is 0 Å². The number of benzene rings is 3. The van der Waals surface area contributed by atoms with Gasteiger partial charge >= 0.3 is 0 Å². The van der Waals surface area contributed by atoms with E-state index in [9.17, 15) is 14.7 Å². The normalized spacial score (nSPS) is 18.3. The summed E-state index contributed by atoms with van der Waals surface area (Å²) in [5.74, 6) is -0.0615. The Hall–Kier alpha value is -4.72. The number of hydrogen-bond donors (Lipinski definition) is 2. The minimum Gasteiger partial charge on any atom is -0.507 e. The van der Waals surface area contributed by atoms with Crippen molar-refractivity contribution in [1.82, 2.24) is 4.98 Å². The van der Waals surface area contributed by atoms with Gasteiger partial charge in [-0.2, -0.15) is 0 Å². The lowest BCUT2D eigenvalue weighted by Gasteiger charge is -2.25. The van der Waals surface area contributed by atoms with Crippen molar-refractivity contribution in [3.63, 3.8) is 0 Å². The predicted octanol–water partition coefficient (Wildman–Crippen LogP) is 4.84. The average molecular weight is 482 g/mol. The van der Waals surface area contributed by atoms with Crippen LogP contribution in [0.25, 0.3) is 16.7 Å². The van der Waals surface area contributed by atoms with Crippen LogP contribution in [0.2, 0.25) is 0 Å². The van der Waals surface area contributed by atoms with Crippen LogP contribution in [-0.2, 0) is 9.59 Å². The van der Waals surface area contributed by atoms with Gasteiger partial charge in [0, 0.05) is 40.0 Å². The monoisotopic (exact) mass is 482 g/mol. The van der Waals surface area contributed by atoms with E-state index in [1.165, 1.54) is 4.90 Å². The molecule has 3 aromatic carbocycles. The largest absolute Gasteiger partial charge is 0.507 e. The van der Waals surface area contributed by atoms with Crippen molar-refractivity contribution in [3.05, 3.63) is 89.1 Å². The number of aromatic nitrogens is 1. The Morgan fingerprint density at radius 1 is 1.06 bits per heavy atom. The fourth-order valence-corrected chi connectivity index (χ4v) is 4.93. The first-order valence-corrected chi connectivity index (χ1v) is 11.4. The maximum Gasteiger partial charge on any atom is 0.300 e. The highest BCUT2D eigenvalue weighted by molar-refractivity contribution is 6.52. The van der Waals surface area contributed by atoms with Crippen LogP contribution < -0.4 is 19.1 Å². The third kappa shape index (κ3) is 3.22.